The van der Waals surface area contributed by atoms with Crippen LogP contribution in [0.2, 0.25) is 0 Å². The van der Waals surface area contributed by atoms with Crippen molar-refractivity contribution >= 4 is 11.6 Å². The number of benzene rings is 2. The molecule has 3 rings (SSSR count). The number of nitrogens with one attached hydrogen (secondary N) is 2. The van der Waals surface area contributed by atoms with E-state index in [0.29, 0.717) is 17.9 Å². The number of amides is 1. The molecule has 0 bridgehead atoms. The van der Waals surface area contributed by atoms with E-state index in [-0.39, 0.29) is 17.9 Å². The Labute approximate surface area is 152 Å². The van der Waals surface area contributed by atoms with Crippen LogP contribution in [-0.2, 0) is 11.2 Å². The molecular weight excluding hydrogens is 356 g/mol. The minimum Gasteiger partial charge on any atom is -0.484 e. The first-order valence-electron chi connectivity index (χ1n) is 8.01. The van der Waals surface area contributed by atoms with Crippen molar-refractivity contribution in [3.63, 3.8) is 0 Å². The van der Waals surface area contributed by atoms with Crippen LogP contribution < -0.4 is 15.6 Å². The molecule has 0 fully saturated rings. The number of halogens is 2. The van der Waals surface area contributed by atoms with Crippen molar-refractivity contribution in [3.05, 3.63) is 87.8 Å². The number of aromatic nitrogens is 2. The second-order valence-electron chi connectivity index (χ2n) is 5.70. The largest absolute Gasteiger partial charge is 0.484 e. The monoisotopic (exact) mass is 371 g/mol. The zero-order chi connectivity index (χ0) is 19.2. The van der Waals surface area contributed by atoms with Crippen LogP contribution in [0, 0.1) is 11.6 Å². The molecular formula is C19H15F2N3O3. The molecule has 0 spiro atoms. The van der Waals surface area contributed by atoms with E-state index in [2.05, 4.69) is 15.5 Å². The quantitative estimate of drug-likeness (QED) is 0.698. The number of carbonyl (C=O) groups excluding carboxylic acids is 1. The van der Waals surface area contributed by atoms with Gasteiger partial charge >= 0.3 is 0 Å². The van der Waals surface area contributed by atoms with Crippen LogP contribution in [0.3, 0.4) is 0 Å². The summed E-state index contributed by atoms with van der Waals surface area (Å²) in [6, 6.07) is 13.2. The number of hydrogen-bond donors (Lipinski definition) is 2. The number of carbonyl (C=O) groups is 1. The van der Waals surface area contributed by atoms with Crippen molar-refractivity contribution in [2.24, 2.45) is 0 Å². The van der Waals surface area contributed by atoms with Crippen LogP contribution in [0.1, 0.15) is 11.3 Å². The molecule has 0 radical (unpaired) electrons. The minimum absolute atomic E-state index is 0.139. The van der Waals surface area contributed by atoms with Crippen molar-refractivity contribution in [1.29, 1.82) is 0 Å². The summed E-state index contributed by atoms with van der Waals surface area (Å²) in [7, 11) is 0. The summed E-state index contributed by atoms with van der Waals surface area (Å²) in [6.45, 7) is -0.292. The van der Waals surface area contributed by atoms with Crippen LogP contribution in [-0.4, -0.2) is 22.7 Å². The summed E-state index contributed by atoms with van der Waals surface area (Å²) in [5, 5.41) is 8.73. The van der Waals surface area contributed by atoms with Gasteiger partial charge in [0, 0.05) is 24.2 Å². The Balaban J connectivity index is 1.57. The van der Waals surface area contributed by atoms with E-state index < -0.39 is 17.5 Å². The maximum atomic E-state index is 13.1. The van der Waals surface area contributed by atoms with Crippen molar-refractivity contribution in [1.82, 2.24) is 10.2 Å². The number of ether oxygens (including phenoxy) is 1. The minimum atomic E-state index is -1.04. The van der Waals surface area contributed by atoms with Crippen LogP contribution >= 0.6 is 0 Å². The second kappa shape index (κ2) is 8.22. The average molecular weight is 371 g/mol. The molecule has 0 aliphatic rings. The molecule has 1 aromatic heterocycles. The molecule has 27 heavy (non-hydrogen) atoms. The van der Waals surface area contributed by atoms with E-state index in [9.17, 15) is 18.4 Å². The van der Waals surface area contributed by atoms with E-state index in [0.717, 1.165) is 17.7 Å². The maximum Gasteiger partial charge on any atom is 0.264 e. The molecule has 1 amide bonds. The first kappa shape index (κ1) is 18.2. The third kappa shape index (κ3) is 5.21. The topological polar surface area (TPSA) is 84.1 Å². The fraction of sp³-hybridized carbons (Fsp3) is 0.105. The summed E-state index contributed by atoms with van der Waals surface area (Å²) in [5.74, 6) is -2.07. The summed E-state index contributed by atoms with van der Waals surface area (Å²) in [4.78, 5) is 22.9. The van der Waals surface area contributed by atoms with Gasteiger partial charge in [-0.05, 0) is 35.9 Å². The highest BCUT2D eigenvalue weighted by molar-refractivity contribution is 5.91. The number of hydrogen-bond acceptors (Lipinski definition) is 4. The van der Waals surface area contributed by atoms with Gasteiger partial charge in [-0.25, -0.2) is 13.9 Å². The molecule has 0 saturated carbocycles. The van der Waals surface area contributed by atoms with Gasteiger partial charge in [0.25, 0.3) is 11.5 Å². The lowest BCUT2D eigenvalue weighted by molar-refractivity contribution is -0.118. The summed E-state index contributed by atoms with van der Waals surface area (Å²) in [5.41, 5.74) is 1.43. The molecule has 0 atom stereocenters. The second-order valence-corrected chi connectivity index (χ2v) is 5.70. The van der Waals surface area contributed by atoms with Crippen LogP contribution in [0.15, 0.2) is 59.4 Å². The third-order valence-electron chi connectivity index (χ3n) is 3.59. The Hall–Kier alpha value is -3.55. The standard InChI is InChI=1S/C19H15F2N3O3/c20-16-6-4-13(10-17(16)21)22-19(26)11-27-15-3-1-2-12(9-15)8-14-5-7-18(25)24-23-14/h1-7,9-10H,8,11H2,(H,22,26)(H,24,25). The predicted molar refractivity (Wildman–Crippen MR) is 94.6 cm³/mol. The number of rotatable bonds is 6. The van der Waals surface area contributed by atoms with Crippen molar-refractivity contribution < 1.29 is 18.3 Å². The molecule has 2 aromatic carbocycles. The molecule has 3 aromatic rings. The Bertz CT molecular complexity index is 1000. The number of H-pyrrole nitrogens is 1. The lowest BCUT2D eigenvalue weighted by Crippen LogP contribution is -2.20. The smallest absolute Gasteiger partial charge is 0.264 e. The molecule has 0 aliphatic heterocycles. The van der Waals surface area contributed by atoms with Crippen LogP contribution in [0.5, 0.6) is 5.75 Å². The normalized spacial score (nSPS) is 10.4. The molecule has 0 aliphatic carbocycles. The highest BCUT2D eigenvalue weighted by Gasteiger charge is 2.08. The Morgan fingerprint density at radius 3 is 2.67 bits per heavy atom. The maximum absolute atomic E-state index is 13.1. The molecule has 0 saturated heterocycles. The third-order valence-corrected chi connectivity index (χ3v) is 3.59. The van der Waals surface area contributed by atoms with Crippen molar-refractivity contribution in [3.8, 4) is 5.75 Å². The molecule has 1 heterocycles. The van der Waals surface area contributed by atoms with Gasteiger partial charge in [0.1, 0.15) is 5.75 Å². The molecule has 8 heteroatoms. The summed E-state index contributed by atoms with van der Waals surface area (Å²) < 4.78 is 31.5. The first-order chi connectivity index (χ1) is 13.0. The van der Waals surface area contributed by atoms with Crippen LogP contribution in [0.25, 0.3) is 0 Å². The summed E-state index contributed by atoms with van der Waals surface area (Å²) >= 11 is 0. The van der Waals surface area contributed by atoms with E-state index in [4.69, 9.17) is 4.74 Å². The Morgan fingerprint density at radius 1 is 1.07 bits per heavy atom. The van der Waals surface area contributed by atoms with Gasteiger partial charge in [0.05, 0.1) is 5.69 Å². The molecule has 0 unspecified atom stereocenters. The number of anilines is 1. The fourth-order valence-electron chi connectivity index (χ4n) is 2.35. The Morgan fingerprint density at radius 2 is 1.93 bits per heavy atom. The van der Waals surface area contributed by atoms with E-state index in [1.807, 2.05) is 6.07 Å². The van der Waals surface area contributed by atoms with Gasteiger partial charge < -0.3 is 10.1 Å². The van der Waals surface area contributed by atoms with Gasteiger partial charge in [0.15, 0.2) is 18.2 Å². The van der Waals surface area contributed by atoms with E-state index in [1.54, 1.807) is 24.3 Å². The average Bonchev–Trinajstić information content (AvgIpc) is 2.65. The molecule has 138 valence electrons. The van der Waals surface area contributed by atoms with Crippen molar-refractivity contribution in [2.45, 2.75) is 6.42 Å². The molecule has 2 N–H and O–H groups in total. The zero-order valence-corrected chi connectivity index (χ0v) is 14.0. The highest BCUT2D eigenvalue weighted by atomic mass is 19.2. The molecule has 6 nitrogen and oxygen atoms in total. The highest BCUT2D eigenvalue weighted by Crippen LogP contribution is 2.16. The number of nitrogens with zero attached hydrogens (tertiary/aromatic N) is 1. The SMILES string of the molecule is O=C(COc1cccc(Cc2ccc(=O)[nH]n2)c1)Nc1ccc(F)c(F)c1. The number of aromatic amines is 1. The lowest BCUT2D eigenvalue weighted by atomic mass is 10.1. The van der Waals surface area contributed by atoms with Gasteiger partial charge in [-0.3, -0.25) is 9.59 Å². The van der Waals surface area contributed by atoms with Crippen LogP contribution in [0.4, 0.5) is 14.5 Å². The van der Waals surface area contributed by atoms with Gasteiger partial charge in [-0.15, -0.1) is 0 Å². The fourth-order valence-corrected chi connectivity index (χ4v) is 2.35. The summed E-state index contributed by atoms with van der Waals surface area (Å²) in [6.07, 6.45) is 0.481. The zero-order valence-electron chi connectivity index (χ0n) is 14.0. The van der Waals surface area contributed by atoms with E-state index >= 15 is 0 Å². The lowest BCUT2D eigenvalue weighted by Gasteiger charge is -2.09. The first-order valence-corrected chi connectivity index (χ1v) is 8.01. The van der Waals surface area contributed by atoms with Gasteiger partial charge in [-0.2, -0.15) is 5.10 Å². The van der Waals surface area contributed by atoms with E-state index in [1.165, 1.54) is 12.1 Å². The van der Waals surface area contributed by atoms with Gasteiger partial charge in [-0.1, -0.05) is 12.1 Å². The Kier molecular flexibility index (Phi) is 5.55. The van der Waals surface area contributed by atoms with Crippen molar-refractivity contribution in [2.75, 3.05) is 11.9 Å². The predicted octanol–water partition coefficient (Wildman–Crippen LogP) is 2.66. The van der Waals surface area contributed by atoms with Gasteiger partial charge in [0.2, 0.25) is 0 Å².